The Labute approximate surface area is 329 Å². The molecule has 0 fully saturated rings. The Bertz CT molecular complexity index is 3440. The van der Waals surface area contributed by atoms with Crippen molar-refractivity contribution in [2.45, 2.75) is 12.8 Å². The van der Waals surface area contributed by atoms with Crippen molar-refractivity contribution in [2.24, 2.45) is 0 Å². The molecule has 0 atom stereocenters. The van der Waals surface area contributed by atoms with Crippen molar-refractivity contribution in [1.82, 2.24) is 9.55 Å². The second kappa shape index (κ2) is 12.6. The normalized spacial score (nSPS) is 13.2. The zero-order chi connectivity index (χ0) is 37.5. The van der Waals surface area contributed by atoms with Crippen LogP contribution in [0.5, 0.6) is 0 Å². The third-order valence-electron chi connectivity index (χ3n) is 12.0. The first-order valence-corrected chi connectivity index (χ1v) is 19.8. The summed E-state index contributed by atoms with van der Waals surface area (Å²) in [6.45, 7) is 0. The van der Waals surface area contributed by atoms with Crippen molar-refractivity contribution in [1.29, 1.82) is 0 Å². The third-order valence-corrected chi connectivity index (χ3v) is 12.0. The van der Waals surface area contributed by atoms with Gasteiger partial charge in [-0.2, -0.15) is 0 Å². The van der Waals surface area contributed by atoms with Crippen molar-refractivity contribution in [2.75, 3.05) is 0 Å². The number of fused-ring (bicyclic) bond motifs is 9. The average molecular weight is 729 g/mol. The molecule has 11 aromatic rings. The van der Waals surface area contributed by atoms with E-state index < -0.39 is 0 Å². The van der Waals surface area contributed by atoms with Gasteiger partial charge in [-0.25, -0.2) is 0 Å². The molecule has 0 spiro atoms. The first-order chi connectivity index (χ1) is 28.2. The fraction of sp³-hybridized carbons (Fsp3) is 0.0370. The summed E-state index contributed by atoms with van der Waals surface area (Å²) >= 11 is 0. The molecule has 1 N–H and O–H groups in total. The molecule has 3 heteroatoms. The number of allylic oxidation sites excluding steroid dienone is 4. The predicted molar refractivity (Wildman–Crippen MR) is 240 cm³/mol. The fourth-order valence-corrected chi connectivity index (χ4v) is 9.23. The standard InChI is InChI=1S/C54H36N2O/c1-3-11-35(12-4-1)41-16-9-18-44-45-19-10-17-42(54(45)57-53(41)44)36-23-21-34(22-24-36)37-25-28-49-46(31-37)47-32-38(26-29-50(47)55-49)39-27-30-52-48(33-39)43-15-7-8-20-51(43)56(52)40-13-5-2-6-14-40/h1-5,7-13,15-33,55H,6,14H2. The molecule has 3 aromatic heterocycles. The number of rotatable bonds is 5. The predicted octanol–water partition coefficient (Wildman–Crippen LogP) is 15.2. The van der Waals surface area contributed by atoms with Gasteiger partial charge < -0.3 is 14.0 Å². The summed E-state index contributed by atoms with van der Waals surface area (Å²) in [7, 11) is 0. The van der Waals surface area contributed by atoms with Crippen LogP contribution >= 0.6 is 0 Å². The summed E-state index contributed by atoms with van der Waals surface area (Å²) in [4.78, 5) is 3.68. The summed E-state index contributed by atoms with van der Waals surface area (Å²) in [6.07, 6.45) is 8.83. The van der Waals surface area contributed by atoms with Gasteiger partial charge in [0.2, 0.25) is 0 Å². The molecule has 268 valence electrons. The number of aromatic nitrogens is 2. The monoisotopic (exact) mass is 728 g/mol. The Morgan fingerprint density at radius 2 is 0.965 bits per heavy atom. The maximum Gasteiger partial charge on any atom is 0.143 e. The van der Waals surface area contributed by atoms with Crippen LogP contribution in [0, 0.1) is 0 Å². The van der Waals surface area contributed by atoms with Crippen LogP contribution in [0.1, 0.15) is 12.8 Å². The van der Waals surface area contributed by atoms with Crippen molar-refractivity contribution < 1.29 is 4.42 Å². The summed E-state index contributed by atoms with van der Waals surface area (Å²) in [5, 5.41) is 7.31. The van der Waals surface area contributed by atoms with E-state index in [9.17, 15) is 0 Å². The number of aromatic amines is 1. The lowest BCUT2D eigenvalue weighted by Gasteiger charge is -2.14. The summed E-state index contributed by atoms with van der Waals surface area (Å²) in [5.41, 5.74) is 17.3. The van der Waals surface area contributed by atoms with Crippen molar-refractivity contribution in [3.8, 4) is 44.5 Å². The highest BCUT2D eigenvalue weighted by molar-refractivity contribution is 6.14. The third kappa shape index (κ3) is 5.06. The summed E-state index contributed by atoms with van der Waals surface area (Å²) < 4.78 is 9.17. The van der Waals surface area contributed by atoms with E-state index in [4.69, 9.17) is 4.42 Å². The Morgan fingerprint density at radius 3 is 1.65 bits per heavy atom. The molecule has 0 amide bonds. The molecule has 8 aromatic carbocycles. The van der Waals surface area contributed by atoms with Gasteiger partial charge in [0.1, 0.15) is 11.2 Å². The second-order valence-electron chi connectivity index (χ2n) is 15.3. The molecule has 0 unspecified atom stereocenters. The molecule has 0 bridgehead atoms. The van der Waals surface area contributed by atoms with Crippen LogP contribution in [0.15, 0.2) is 193 Å². The zero-order valence-corrected chi connectivity index (χ0v) is 31.2. The number of benzene rings is 8. The van der Waals surface area contributed by atoms with Crippen LogP contribution in [0.3, 0.4) is 0 Å². The summed E-state index contributed by atoms with van der Waals surface area (Å²) in [6, 6.07) is 61.7. The largest absolute Gasteiger partial charge is 0.455 e. The minimum atomic E-state index is 0.920. The van der Waals surface area contributed by atoms with Crippen LogP contribution in [-0.4, -0.2) is 9.55 Å². The van der Waals surface area contributed by atoms with Gasteiger partial charge in [0.25, 0.3) is 0 Å². The number of hydrogen-bond acceptors (Lipinski definition) is 1. The first kappa shape index (κ1) is 31.9. The van der Waals surface area contributed by atoms with Gasteiger partial charge in [-0.3, -0.25) is 0 Å². The van der Waals surface area contributed by atoms with E-state index in [0.29, 0.717) is 0 Å². The molecule has 57 heavy (non-hydrogen) atoms. The Morgan fingerprint density at radius 1 is 0.421 bits per heavy atom. The van der Waals surface area contributed by atoms with Crippen LogP contribution < -0.4 is 0 Å². The van der Waals surface area contributed by atoms with Gasteiger partial charge in [0, 0.05) is 60.2 Å². The maximum atomic E-state index is 6.72. The Kier molecular flexibility index (Phi) is 7.05. The van der Waals surface area contributed by atoms with Gasteiger partial charge in [-0.15, -0.1) is 0 Å². The van der Waals surface area contributed by atoms with E-state index in [1.807, 2.05) is 0 Å². The molecule has 0 saturated heterocycles. The van der Waals surface area contributed by atoms with E-state index >= 15 is 0 Å². The highest BCUT2D eigenvalue weighted by atomic mass is 16.3. The van der Waals surface area contributed by atoms with Gasteiger partial charge in [0.15, 0.2) is 0 Å². The lowest BCUT2D eigenvalue weighted by molar-refractivity contribution is 0.671. The average Bonchev–Trinajstić information content (AvgIpc) is 3.96. The topological polar surface area (TPSA) is 33.9 Å². The lowest BCUT2D eigenvalue weighted by Crippen LogP contribution is -1.98. The fourth-order valence-electron chi connectivity index (χ4n) is 9.23. The zero-order valence-electron chi connectivity index (χ0n) is 31.2. The molecule has 0 radical (unpaired) electrons. The van der Waals surface area contributed by atoms with E-state index in [1.54, 1.807) is 0 Å². The number of H-pyrrole nitrogens is 1. The van der Waals surface area contributed by atoms with Crippen molar-refractivity contribution >= 4 is 71.2 Å². The molecule has 1 aliphatic rings. The number of para-hydroxylation sites is 3. The quantitative estimate of drug-likeness (QED) is 0.188. The van der Waals surface area contributed by atoms with E-state index in [-0.39, 0.29) is 0 Å². The Hall–Kier alpha value is -7.36. The smallest absolute Gasteiger partial charge is 0.143 e. The van der Waals surface area contributed by atoms with Crippen molar-refractivity contribution in [3.05, 3.63) is 188 Å². The van der Waals surface area contributed by atoms with E-state index in [1.165, 1.54) is 60.5 Å². The van der Waals surface area contributed by atoms with Gasteiger partial charge in [-0.05, 0) is 94.8 Å². The molecular weight excluding hydrogens is 693 g/mol. The number of nitrogens with zero attached hydrogens (tertiary/aromatic N) is 1. The van der Waals surface area contributed by atoms with Crippen molar-refractivity contribution in [3.63, 3.8) is 0 Å². The Balaban J connectivity index is 0.911. The second-order valence-corrected chi connectivity index (χ2v) is 15.3. The molecule has 3 nitrogen and oxygen atoms in total. The molecule has 1 aliphatic carbocycles. The molecule has 0 saturated carbocycles. The molecule has 3 heterocycles. The van der Waals surface area contributed by atoms with Crippen LogP contribution in [-0.2, 0) is 0 Å². The summed E-state index contributed by atoms with van der Waals surface area (Å²) in [5.74, 6) is 0. The molecule has 12 rings (SSSR count). The van der Waals surface area contributed by atoms with Crippen LogP contribution in [0.2, 0.25) is 0 Å². The maximum absolute atomic E-state index is 6.72. The number of nitrogens with one attached hydrogen (secondary N) is 1. The highest BCUT2D eigenvalue weighted by Crippen LogP contribution is 2.41. The van der Waals surface area contributed by atoms with Gasteiger partial charge in [-0.1, -0.05) is 140 Å². The van der Waals surface area contributed by atoms with Crippen LogP contribution in [0.4, 0.5) is 0 Å². The highest BCUT2D eigenvalue weighted by Gasteiger charge is 2.18. The minimum Gasteiger partial charge on any atom is -0.455 e. The molecular formula is C54H36N2O. The van der Waals surface area contributed by atoms with E-state index in [2.05, 4.69) is 198 Å². The minimum absolute atomic E-state index is 0.920. The van der Waals surface area contributed by atoms with Crippen LogP contribution in [0.25, 0.3) is 116 Å². The van der Waals surface area contributed by atoms with Gasteiger partial charge in [0.05, 0.1) is 11.0 Å². The first-order valence-electron chi connectivity index (χ1n) is 19.8. The molecule has 0 aliphatic heterocycles. The number of furan rings is 1. The lowest BCUT2D eigenvalue weighted by atomic mass is 9.97. The van der Waals surface area contributed by atoms with Gasteiger partial charge >= 0.3 is 0 Å². The number of hydrogen-bond donors (Lipinski definition) is 1. The SMILES string of the molecule is C1=CCCC(n2c3ccccc3c3cc(-c4ccc5[nH]c6ccc(-c7ccc(-c8cccc9c8oc8c(-c%10ccccc%10)cccc89)cc7)cc6c5c4)ccc32)=C1. The van der Waals surface area contributed by atoms with E-state index in [0.717, 1.165) is 68.1 Å².